The zero-order chi connectivity index (χ0) is 16.8. The van der Waals surface area contributed by atoms with E-state index < -0.39 is 10.0 Å². The van der Waals surface area contributed by atoms with Crippen molar-refractivity contribution >= 4 is 31.9 Å². The number of benzene rings is 1. The van der Waals surface area contributed by atoms with Gasteiger partial charge in [0.2, 0.25) is 10.0 Å². The number of nitrogens with zero attached hydrogens (tertiary/aromatic N) is 2. The van der Waals surface area contributed by atoms with Gasteiger partial charge in [-0.2, -0.15) is 4.31 Å². The number of rotatable bonds is 8. The van der Waals surface area contributed by atoms with Gasteiger partial charge in [0.25, 0.3) is 5.91 Å². The Morgan fingerprint density at radius 2 is 1.82 bits per heavy atom. The minimum Gasteiger partial charge on any atom is -0.351 e. The lowest BCUT2D eigenvalue weighted by Crippen LogP contribution is -2.41. The van der Waals surface area contributed by atoms with Crippen LogP contribution in [0.4, 0.5) is 0 Å². The van der Waals surface area contributed by atoms with Gasteiger partial charge < -0.3 is 10.2 Å². The summed E-state index contributed by atoms with van der Waals surface area (Å²) < 4.78 is 25.5. The van der Waals surface area contributed by atoms with Crippen LogP contribution in [0.15, 0.2) is 28.7 Å². The second-order valence-corrected chi connectivity index (χ2v) is 8.04. The summed E-state index contributed by atoms with van der Waals surface area (Å²) in [5.41, 5.74) is 0.529. The van der Waals surface area contributed by atoms with Crippen LogP contribution in [-0.4, -0.2) is 70.1 Å². The fraction of sp³-hybridized carbons (Fsp3) is 0.500. The van der Waals surface area contributed by atoms with Crippen molar-refractivity contribution in [2.75, 3.05) is 46.5 Å². The summed E-state index contributed by atoms with van der Waals surface area (Å²) in [6.45, 7) is 1.55. The first kappa shape index (κ1) is 19.1. The predicted octanol–water partition coefficient (Wildman–Crippen LogP) is 1.00. The summed E-state index contributed by atoms with van der Waals surface area (Å²) in [6.07, 6.45) is 1.18. The topological polar surface area (TPSA) is 69.7 Å². The Morgan fingerprint density at radius 1 is 1.18 bits per heavy atom. The number of carbonyl (C=O) groups is 1. The average molecular weight is 392 g/mol. The molecule has 0 unspecified atom stereocenters. The van der Waals surface area contributed by atoms with Crippen molar-refractivity contribution in [2.45, 2.75) is 0 Å². The molecule has 0 fully saturated rings. The highest BCUT2D eigenvalue weighted by Crippen LogP contribution is 2.15. The third-order valence-electron chi connectivity index (χ3n) is 3.03. The molecule has 0 aliphatic heterocycles. The van der Waals surface area contributed by atoms with Crippen molar-refractivity contribution in [3.05, 3.63) is 34.3 Å². The maximum absolute atomic E-state index is 12.0. The van der Waals surface area contributed by atoms with Crippen LogP contribution in [0.25, 0.3) is 0 Å². The summed E-state index contributed by atoms with van der Waals surface area (Å²) >= 11 is 3.32. The van der Waals surface area contributed by atoms with Crippen molar-refractivity contribution in [1.29, 1.82) is 0 Å². The largest absolute Gasteiger partial charge is 0.351 e. The Balaban J connectivity index is 2.56. The molecule has 0 aliphatic carbocycles. The molecule has 0 radical (unpaired) electrons. The van der Waals surface area contributed by atoms with Gasteiger partial charge in [-0.15, -0.1) is 0 Å². The Hall–Kier alpha value is -0.960. The van der Waals surface area contributed by atoms with Crippen molar-refractivity contribution in [2.24, 2.45) is 0 Å². The molecule has 1 N–H and O–H groups in total. The first-order chi connectivity index (χ1) is 10.2. The van der Waals surface area contributed by atoms with Gasteiger partial charge >= 0.3 is 0 Å². The normalized spacial score (nSPS) is 11.9. The maximum Gasteiger partial charge on any atom is 0.252 e. The highest BCUT2D eigenvalue weighted by atomic mass is 79.9. The Morgan fingerprint density at radius 3 is 2.36 bits per heavy atom. The lowest BCUT2D eigenvalue weighted by atomic mass is 10.2. The molecule has 1 aromatic carbocycles. The number of sulfonamides is 1. The second kappa shape index (κ2) is 8.61. The number of hydrogen-bond donors (Lipinski definition) is 1. The van der Waals surface area contributed by atoms with Gasteiger partial charge in [0.05, 0.1) is 11.8 Å². The van der Waals surface area contributed by atoms with Gasteiger partial charge in [-0.25, -0.2) is 8.42 Å². The lowest BCUT2D eigenvalue weighted by molar-refractivity contribution is 0.0950. The number of carbonyl (C=O) groups excluding carboxylic acids is 1. The molecule has 0 saturated heterocycles. The number of nitrogens with one attached hydrogen (secondary N) is 1. The Kier molecular flexibility index (Phi) is 7.47. The number of likely N-dealkylation sites (N-methyl/N-ethyl adjacent to an activating group) is 1. The molecule has 0 spiro atoms. The molecule has 0 atom stereocenters. The van der Waals surface area contributed by atoms with E-state index in [4.69, 9.17) is 0 Å². The van der Waals surface area contributed by atoms with Gasteiger partial charge in [0.1, 0.15) is 0 Å². The summed E-state index contributed by atoms with van der Waals surface area (Å²) in [7, 11) is 0.483. The number of hydrogen-bond acceptors (Lipinski definition) is 4. The van der Waals surface area contributed by atoms with E-state index in [1.54, 1.807) is 18.2 Å². The summed E-state index contributed by atoms with van der Waals surface area (Å²) in [4.78, 5) is 14.0. The molecule has 124 valence electrons. The molecule has 0 saturated carbocycles. The van der Waals surface area contributed by atoms with Crippen LogP contribution >= 0.6 is 15.9 Å². The first-order valence-corrected chi connectivity index (χ1v) is 9.48. The molecular formula is C14H22BrN3O3S. The Labute approximate surface area is 140 Å². The zero-order valence-electron chi connectivity index (χ0n) is 13.0. The van der Waals surface area contributed by atoms with Gasteiger partial charge in [0, 0.05) is 30.7 Å². The molecule has 0 aromatic heterocycles. The van der Waals surface area contributed by atoms with Crippen LogP contribution in [0.3, 0.4) is 0 Å². The van der Waals surface area contributed by atoms with E-state index in [0.29, 0.717) is 23.1 Å². The van der Waals surface area contributed by atoms with Crippen molar-refractivity contribution in [3.63, 3.8) is 0 Å². The minimum absolute atomic E-state index is 0.228. The molecule has 0 bridgehead atoms. The SMILES string of the molecule is CN(C)CCN(CCNC(=O)c1ccccc1Br)S(C)(=O)=O. The Bertz CT molecular complexity index is 605. The van der Waals surface area contributed by atoms with Crippen molar-refractivity contribution in [3.8, 4) is 0 Å². The van der Waals surface area contributed by atoms with Crippen molar-refractivity contribution < 1.29 is 13.2 Å². The van der Waals surface area contributed by atoms with E-state index in [-0.39, 0.29) is 19.0 Å². The van der Waals surface area contributed by atoms with E-state index >= 15 is 0 Å². The molecule has 1 amide bonds. The van der Waals surface area contributed by atoms with Gasteiger partial charge in [0.15, 0.2) is 0 Å². The molecular weight excluding hydrogens is 370 g/mol. The van der Waals surface area contributed by atoms with E-state index in [2.05, 4.69) is 21.2 Å². The van der Waals surface area contributed by atoms with E-state index in [9.17, 15) is 13.2 Å². The average Bonchev–Trinajstić information content (AvgIpc) is 2.41. The van der Waals surface area contributed by atoms with Gasteiger partial charge in [-0.05, 0) is 42.2 Å². The minimum atomic E-state index is -3.29. The maximum atomic E-state index is 12.0. The third kappa shape index (κ3) is 6.43. The van der Waals surface area contributed by atoms with Gasteiger partial charge in [-0.3, -0.25) is 4.79 Å². The van der Waals surface area contributed by atoms with Crippen LogP contribution in [0, 0.1) is 0 Å². The van der Waals surface area contributed by atoms with Crippen LogP contribution in [0.1, 0.15) is 10.4 Å². The van der Waals surface area contributed by atoms with E-state index in [1.165, 1.54) is 10.6 Å². The number of halogens is 1. The van der Waals surface area contributed by atoms with Gasteiger partial charge in [-0.1, -0.05) is 12.1 Å². The molecule has 22 heavy (non-hydrogen) atoms. The monoisotopic (exact) mass is 391 g/mol. The molecule has 0 heterocycles. The summed E-state index contributed by atoms with van der Waals surface area (Å²) in [5, 5.41) is 2.74. The molecule has 6 nitrogen and oxygen atoms in total. The van der Waals surface area contributed by atoms with Crippen LogP contribution < -0.4 is 5.32 Å². The van der Waals surface area contributed by atoms with E-state index in [1.807, 2.05) is 25.1 Å². The molecule has 8 heteroatoms. The highest BCUT2D eigenvalue weighted by molar-refractivity contribution is 9.10. The van der Waals surface area contributed by atoms with Crippen molar-refractivity contribution in [1.82, 2.24) is 14.5 Å². The standard InChI is InChI=1S/C14H22BrN3O3S/c1-17(2)10-11-18(22(3,20)21)9-8-16-14(19)12-6-4-5-7-13(12)15/h4-7H,8-11H2,1-3H3,(H,16,19). The molecule has 1 rings (SSSR count). The predicted molar refractivity (Wildman–Crippen MR) is 91.4 cm³/mol. The highest BCUT2D eigenvalue weighted by Gasteiger charge is 2.17. The number of amides is 1. The van der Waals surface area contributed by atoms with Crippen LogP contribution in [0.2, 0.25) is 0 Å². The fourth-order valence-electron chi connectivity index (χ4n) is 1.79. The van der Waals surface area contributed by atoms with Crippen LogP contribution in [0.5, 0.6) is 0 Å². The molecule has 0 aliphatic rings. The fourth-order valence-corrected chi connectivity index (χ4v) is 3.09. The second-order valence-electron chi connectivity index (χ2n) is 5.20. The lowest BCUT2D eigenvalue weighted by Gasteiger charge is -2.22. The first-order valence-electron chi connectivity index (χ1n) is 6.84. The summed E-state index contributed by atoms with van der Waals surface area (Å²) in [5.74, 6) is -0.228. The quantitative estimate of drug-likeness (QED) is 0.717. The summed E-state index contributed by atoms with van der Waals surface area (Å²) in [6, 6.07) is 7.10. The van der Waals surface area contributed by atoms with Crippen LogP contribution in [-0.2, 0) is 10.0 Å². The third-order valence-corrected chi connectivity index (χ3v) is 5.03. The smallest absolute Gasteiger partial charge is 0.252 e. The molecule has 1 aromatic rings. The van der Waals surface area contributed by atoms with E-state index in [0.717, 1.165) is 0 Å². The zero-order valence-corrected chi connectivity index (χ0v) is 15.4.